The summed E-state index contributed by atoms with van der Waals surface area (Å²) in [5.74, 6) is 5.09. The van der Waals surface area contributed by atoms with Crippen molar-refractivity contribution in [2.24, 2.45) is 5.90 Å². The van der Waals surface area contributed by atoms with Crippen molar-refractivity contribution in [3.8, 4) is 0 Å². The van der Waals surface area contributed by atoms with Gasteiger partial charge in [0.1, 0.15) is 0 Å². The maximum Gasteiger partial charge on any atom is 0.0775 e. The third kappa shape index (κ3) is 1.24. The van der Waals surface area contributed by atoms with Gasteiger partial charge in [-0.1, -0.05) is 30.3 Å². The highest BCUT2D eigenvalue weighted by Crippen LogP contribution is 2.47. The van der Waals surface area contributed by atoms with Crippen LogP contribution in [0.15, 0.2) is 30.3 Å². The van der Waals surface area contributed by atoms with Gasteiger partial charge in [-0.2, -0.15) is 0 Å². The Morgan fingerprint density at radius 2 is 1.92 bits per heavy atom. The average Bonchev–Trinajstić information content (AvgIpc) is 2.88. The molecule has 1 aromatic carbocycles. The Bertz CT molecular complexity index is 254. The van der Waals surface area contributed by atoms with Crippen LogP contribution >= 0.6 is 0 Å². The summed E-state index contributed by atoms with van der Waals surface area (Å²) in [5.41, 5.74) is 1.60. The predicted molar refractivity (Wildman–Crippen MR) is 47.5 cm³/mol. The highest BCUT2D eigenvalue weighted by molar-refractivity contribution is 5.30. The van der Waals surface area contributed by atoms with Crippen LogP contribution in [0.5, 0.6) is 0 Å². The Hall–Kier alpha value is -0.860. The smallest absolute Gasteiger partial charge is 0.0775 e. The standard InChI is InChI=1S/C10H13NO/c11-12-8-10(6-7-10)9-4-2-1-3-5-9/h1-5H,6-8,11H2. The van der Waals surface area contributed by atoms with Gasteiger partial charge < -0.3 is 4.84 Å². The quantitative estimate of drug-likeness (QED) is 0.687. The van der Waals surface area contributed by atoms with E-state index in [1.54, 1.807) is 0 Å². The Morgan fingerprint density at radius 3 is 2.42 bits per heavy atom. The molecule has 2 heteroatoms. The molecule has 12 heavy (non-hydrogen) atoms. The number of hydrogen-bond acceptors (Lipinski definition) is 2. The minimum atomic E-state index is 0.246. The molecule has 0 radical (unpaired) electrons. The summed E-state index contributed by atoms with van der Waals surface area (Å²) in [6, 6.07) is 10.4. The Balaban J connectivity index is 2.19. The molecule has 0 aromatic heterocycles. The first-order valence-corrected chi connectivity index (χ1v) is 4.25. The topological polar surface area (TPSA) is 35.2 Å². The van der Waals surface area contributed by atoms with Crippen molar-refractivity contribution in [2.75, 3.05) is 6.61 Å². The van der Waals surface area contributed by atoms with E-state index in [2.05, 4.69) is 24.3 Å². The van der Waals surface area contributed by atoms with Crippen LogP contribution in [-0.4, -0.2) is 6.61 Å². The largest absolute Gasteiger partial charge is 0.304 e. The van der Waals surface area contributed by atoms with Gasteiger partial charge in [-0.3, -0.25) is 0 Å². The number of benzene rings is 1. The van der Waals surface area contributed by atoms with Crippen molar-refractivity contribution >= 4 is 0 Å². The van der Waals surface area contributed by atoms with E-state index in [-0.39, 0.29) is 5.41 Å². The molecule has 1 aliphatic carbocycles. The molecule has 64 valence electrons. The molecule has 1 aliphatic rings. The van der Waals surface area contributed by atoms with Gasteiger partial charge in [0.25, 0.3) is 0 Å². The van der Waals surface area contributed by atoms with Gasteiger partial charge in [0.15, 0.2) is 0 Å². The lowest BCUT2D eigenvalue weighted by Crippen LogP contribution is -2.17. The van der Waals surface area contributed by atoms with Crippen LogP contribution in [0.1, 0.15) is 18.4 Å². The highest BCUT2D eigenvalue weighted by Gasteiger charge is 2.44. The Labute approximate surface area is 72.3 Å². The molecule has 1 aromatic rings. The van der Waals surface area contributed by atoms with E-state index in [1.807, 2.05) is 6.07 Å². The molecule has 0 heterocycles. The normalized spacial score (nSPS) is 19.1. The lowest BCUT2D eigenvalue weighted by Gasteiger charge is -2.12. The second kappa shape index (κ2) is 2.88. The van der Waals surface area contributed by atoms with Crippen LogP contribution in [0, 0.1) is 0 Å². The molecule has 2 rings (SSSR count). The molecule has 0 saturated heterocycles. The molecular formula is C10H13NO. The van der Waals surface area contributed by atoms with Crippen LogP contribution in [0.2, 0.25) is 0 Å². The lowest BCUT2D eigenvalue weighted by atomic mass is 9.97. The van der Waals surface area contributed by atoms with Crippen molar-refractivity contribution in [2.45, 2.75) is 18.3 Å². The van der Waals surface area contributed by atoms with Crippen LogP contribution in [0.25, 0.3) is 0 Å². The van der Waals surface area contributed by atoms with E-state index < -0.39 is 0 Å². The summed E-state index contributed by atoms with van der Waals surface area (Å²) in [6.07, 6.45) is 2.41. The van der Waals surface area contributed by atoms with Crippen LogP contribution in [0.4, 0.5) is 0 Å². The third-order valence-corrected chi connectivity index (χ3v) is 2.60. The lowest BCUT2D eigenvalue weighted by molar-refractivity contribution is 0.116. The monoisotopic (exact) mass is 163 g/mol. The number of hydrogen-bond donors (Lipinski definition) is 1. The fourth-order valence-corrected chi connectivity index (χ4v) is 1.62. The summed E-state index contributed by atoms with van der Waals surface area (Å²) >= 11 is 0. The molecular weight excluding hydrogens is 150 g/mol. The van der Waals surface area contributed by atoms with Crippen LogP contribution in [0.3, 0.4) is 0 Å². The molecule has 0 bridgehead atoms. The average molecular weight is 163 g/mol. The molecule has 1 fully saturated rings. The minimum absolute atomic E-state index is 0.246. The van der Waals surface area contributed by atoms with E-state index in [9.17, 15) is 0 Å². The van der Waals surface area contributed by atoms with Crippen molar-refractivity contribution in [1.29, 1.82) is 0 Å². The summed E-state index contributed by atoms with van der Waals surface area (Å²) in [7, 11) is 0. The second-order valence-electron chi connectivity index (χ2n) is 3.46. The molecule has 0 atom stereocenters. The van der Waals surface area contributed by atoms with Crippen molar-refractivity contribution in [3.63, 3.8) is 0 Å². The molecule has 1 saturated carbocycles. The maximum absolute atomic E-state index is 5.09. The maximum atomic E-state index is 5.09. The summed E-state index contributed by atoms with van der Waals surface area (Å²) in [6.45, 7) is 0.650. The van der Waals surface area contributed by atoms with Crippen LogP contribution < -0.4 is 5.90 Å². The van der Waals surface area contributed by atoms with Crippen LogP contribution in [-0.2, 0) is 10.3 Å². The van der Waals surface area contributed by atoms with Crippen molar-refractivity contribution < 1.29 is 4.84 Å². The molecule has 0 aliphatic heterocycles. The minimum Gasteiger partial charge on any atom is -0.304 e. The summed E-state index contributed by atoms with van der Waals surface area (Å²) in [4.78, 5) is 4.72. The highest BCUT2D eigenvalue weighted by atomic mass is 16.6. The zero-order valence-corrected chi connectivity index (χ0v) is 6.99. The van der Waals surface area contributed by atoms with Gasteiger partial charge in [-0.15, -0.1) is 0 Å². The second-order valence-corrected chi connectivity index (χ2v) is 3.46. The predicted octanol–water partition coefficient (Wildman–Crippen LogP) is 1.61. The third-order valence-electron chi connectivity index (χ3n) is 2.60. The molecule has 2 nitrogen and oxygen atoms in total. The summed E-state index contributed by atoms with van der Waals surface area (Å²) in [5, 5.41) is 0. The summed E-state index contributed by atoms with van der Waals surface area (Å²) < 4.78 is 0. The van der Waals surface area contributed by atoms with Gasteiger partial charge >= 0.3 is 0 Å². The Morgan fingerprint density at radius 1 is 1.25 bits per heavy atom. The first-order chi connectivity index (χ1) is 5.87. The zero-order chi connectivity index (χ0) is 8.44. The van der Waals surface area contributed by atoms with E-state index in [1.165, 1.54) is 18.4 Å². The SMILES string of the molecule is NOCC1(c2ccccc2)CC1. The first kappa shape index (κ1) is 7.77. The van der Waals surface area contributed by atoms with E-state index in [0.717, 1.165) is 0 Å². The van der Waals surface area contributed by atoms with Crippen molar-refractivity contribution in [3.05, 3.63) is 35.9 Å². The van der Waals surface area contributed by atoms with Gasteiger partial charge in [0.05, 0.1) is 6.61 Å². The molecule has 0 unspecified atom stereocenters. The molecule has 0 amide bonds. The van der Waals surface area contributed by atoms with Gasteiger partial charge in [-0.05, 0) is 18.4 Å². The molecule has 0 spiro atoms. The van der Waals surface area contributed by atoms with E-state index >= 15 is 0 Å². The fraction of sp³-hybridized carbons (Fsp3) is 0.400. The van der Waals surface area contributed by atoms with Crippen molar-refractivity contribution in [1.82, 2.24) is 0 Å². The zero-order valence-electron chi connectivity index (χ0n) is 6.99. The number of nitrogens with two attached hydrogens (primary N) is 1. The first-order valence-electron chi connectivity index (χ1n) is 4.25. The van der Waals surface area contributed by atoms with E-state index in [0.29, 0.717) is 6.61 Å². The Kier molecular flexibility index (Phi) is 1.87. The van der Waals surface area contributed by atoms with E-state index in [4.69, 9.17) is 10.7 Å². The molecule has 2 N–H and O–H groups in total. The van der Waals surface area contributed by atoms with Gasteiger partial charge in [0, 0.05) is 5.41 Å². The van der Waals surface area contributed by atoms with Gasteiger partial charge in [-0.25, -0.2) is 5.90 Å². The fourth-order valence-electron chi connectivity index (χ4n) is 1.62. The van der Waals surface area contributed by atoms with Gasteiger partial charge in [0.2, 0.25) is 0 Å². The number of rotatable bonds is 3.